The number of carbonyl (C=O) groups excluding carboxylic acids is 2. The lowest BCUT2D eigenvalue weighted by Crippen LogP contribution is -2.41. The Morgan fingerprint density at radius 1 is 1.31 bits per heavy atom. The van der Waals surface area contributed by atoms with E-state index in [2.05, 4.69) is 21.7 Å². The summed E-state index contributed by atoms with van der Waals surface area (Å²) in [5.74, 6) is 0.0798. The van der Waals surface area contributed by atoms with Crippen LogP contribution in [0.5, 0.6) is 0 Å². The summed E-state index contributed by atoms with van der Waals surface area (Å²) >= 11 is 0. The number of rotatable bonds is 7. The van der Waals surface area contributed by atoms with Gasteiger partial charge in [0.05, 0.1) is 17.7 Å². The number of nitrogens with zero attached hydrogens (tertiary/aromatic N) is 1. The number of carbonyl (C=O) groups is 2. The van der Waals surface area contributed by atoms with Crippen LogP contribution >= 0.6 is 0 Å². The number of aliphatic hydroxyl groups is 1. The van der Waals surface area contributed by atoms with Crippen molar-refractivity contribution < 1.29 is 14.7 Å². The van der Waals surface area contributed by atoms with Crippen LogP contribution in [0.3, 0.4) is 0 Å². The number of nitrogens with one attached hydrogen (secondary N) is 2. The van der Waals surface area contributed by atoms with Gasteiger partial charge in [-0.05, 0) is 42.9 Å². The highest BCUT2D eigenvalue weighted by Gasteiger charge is 2.35. The summed E-state index contributed by atoms with van der Waals surface area (Å²) in [5.41, 5.74) is 1.89. The monoisotopic (exact) mass is 355 g/mol. The van der Waals surface area contributed by atoms with Crippen molar-refractivity contribution in [2.24, 2.45) is 5.92 Å². The van der Waals surface area contributed by atoms with Gasteiger partial charge in [-0.25, -0.2) is 0 Å². The molecule has 1 aliphatic rings. The van der Waals surface area contributed by atoms with Gasteiger partial charge < -0.3 is 15.7 Å². The summed E-state index contributed by atoms with van der Waals surface area (Å²) in [6, 6.07) is 9.80. The Kier molecular flexibility index (Phi) is 5.83. The third kappa shape index (κ3) is 4.58. The minimum Gasteiger partial charge on any atom is -0.393 e. The number of para-hydroxylation sites is 1. The maximum absolute atomic E-state index is 12.4. The Balaban J connectivity index is 1.68. The fourth-order valence-corrected chi connectivity index (χ4v) is 3.39. The molecule has 1 atom stereocenters. The maximum atomic E-state index is 12.4. The van der Waals surface area contributed by atoms with E-state index in [-0.39, 0.29) is 29.9 Å². The van der Waals surface area contributed by atoms with Crippen LogP contribution in [0.4, 0.5) is 0 Å². The SMILES string of the molecule is CC(=O)NCCCC(=O)N[C@H](c1cnc2ccccc2c1)C1CC(O)C1. The first kappa shape index (κ1) is 18.3. The number of aromatic nitrogens is 1. The van der Waals surface area contributed by atoms with E-state index in [1.54, 1.807) is 0 Å². The number of hydrogen-bond acceptors (Lipinski definition) is 4. The minimum absolute atomic E-state index is 0.0464. The largest absolute Gasteiger partial charge is 0.393 e. The summed E-state index contributed by atoms with van der Waals surface area (Å²) in [4.78, 5) is 27.7. The predicted octanol–water partition coefficient (Wildman–Crippen LogP) is 2.08. The zero-order valence-corrected chi connectivity index (χ0v) is 14.9. The molecule has 0 unspecified atom stereocenters. The van der Waals surface area contributed by atoms with Crippen LogP contribution in [0.2, 0.25) is 0 Å². The highest BCUT2D eigenvalue weighted by molar-refractivity contribution is 5.80. The van der Waals surface area contributed by atoms with Crippen LogP contribution in [-0.4, -0.2) is 34.6 Å². The van der Waals surface area contributed by atoms with Crippen molar-refractivity contribution in [1.29, 1.82) is 0 Å². The molecule has 1 fully saturated rings. The molecule has 26 heavy (non-hydrogen) atoms. The zero-order valence-electron chi connectivity index (χ0n) is 14.9. The van der Waals surface area contributed by atoms with Crippen LogP contribution in [0.25, 0.3) is 10.9 Å². The number of aliphatic hydroxyl groups excluding tert-OH is 1. The second-order valence-electron chi connectivity index (χ2n) is 6.98. The molecule has 6 nitrogen and oxygen atoms in total. The molecule has 3 N–H and O–H groups in total. The molecule has 0 radical (unpaired) electrons. The van der Waals surface area contributed by atoms with Crippen LogP contribution < -0.4 is 10.6 Å². The molecule has 0 saturated heterocycles. The van der Waals surface area contributed by atoms with Crippen molar-refractivity contribution in [1.82, 2.24) is 15.6 Å². The summed E-state index contributed by atoms with van der Waals surface area (Å²) in [5, 5.41) is 16.5. The Morgan fingerprint density at radius 3 is 2.81 bits per heavy atom. The second kappa shape index (κ2) is 8.27. The fraction of sp³-hybridized carbons (Fsp3) is 0.450. The highest BCUT2D eigenvalue weighted by atomic mass is 16.3. The first-order chi connectivity index (χ1) is 12.5. The summed E-state index contributed by atoms with van der Waals surface area (Å²) in [7, 11) is 0. The Hall–Kier alpha value is -2.47. The molecular weight excluding hydrogens is 330 g/mol. The molecule has 138 valence electrons. The van der Waals surface area contributed by atoms with Gasteiger partial charge in [0.2, 0.25) is 11.8 Å². The van der Waals surface area contributed by atoms with E-state index >= 15 is 0 Å². The molecule has 0 spiro atoms. The van der Waals surface area contributed by atoms with Gasteiger partial charge in [0.15, 0.2) is 0 Å². The third-order valence-electron chi connectivity index (χ3n) is 4.86. The van der Waals surface area contributed by atoms with Crippen molar-refractivity contribution in [3.63, 3.8) is 0 Å². The van der Waals surface area contributed by atoms with E-state index in [1.165, 1.54) is 6.92 Å². The van der Waals surface area contributed by atoms with E-state index in [0.29, 0.717) is 32.2 Å². The number of fused-ring (bicyclic) bond motifs is 1. The molecule has 0 bridgehead atoms. The third-order valence-corrected chi connectivity index (χ3v) is 4.86. The molecule has 1 saturated carbocycles. The van der Waals surface area contributed by atoms with Gasteiger partial charge in [-0.2, -0.15) is 0 Å². The molecule has 1 heterocycles. The van der Waals surface area contributed by atoms with E-state index in [1.807, 2.05) is 30.5 Å². The Morgan fingerprint density at radius 2 is 2.08 bits per heavy atom. The smallest absolute Gasteiger partial charge is 0.220 e. The first-order valence-electron chi connectivity index (χ1n) is 9.09. The molecule has 1 aliphatic carbocycles. The van der Waals surface area contributed by atoms with Gasteiger partial charge in [-0.1, -0.05) is 18.2 Å². The molecule has 6 heteroatoms. The average molecular weight is 355 g/mol. The van der Waals surface area contributed by atoms with Gasteiger partial charge in [-0.15, -0.1) is 0 Å². The highest BCUT2D eigenvalue weighted by Crippen LogP contribution is 2.38. The predicted molar refractivity (Wildman–Crippen MR) is 99.3 cm³/mol. The Labute approximate surface area is 153 Å². The van der Waals surface area contributed by atoms with Crippen LogP contribution in [-0.2, 0) is 9.59 Å². The lowest BCUT2D eigenvalue weighted by Gasteiger charge is -2.38. The second-order valence-corrected chi connectivity index (χ2v) is 6.98. The van der Waals surface area contributed by atoms with E-state index < -0.39 is 0 Å². The summed E-state index contributed by atoms with van der Waals surface area (Å²) in [6.45, 7) is 1.96. The molecular formula is C20H25N3O3. The average Bonchev–Trinajstić information content (AvgIpc) is 2.60. The van der Waals surface area contributed by atoms with Crippen molar-refractivity contribution in [2.45, 2.75) is 44.8 Å². The van der Waals surface area contributed by atoms with Crippen LogP contribution in [0, 0.1) is 5.92 Å². The first-order valence-corrected chi connectivity index (χ1v) is 9.09. The fourth-order valence-electron chi connectivity index (χ4n) is 3.39. The summed E-state index contributed by atoms with van der Waals surface area (Å²) < 4.78 is 0. The molecule has 0 aliphatic heterocycles. The number of benzene rings is 1. The van der Waals surface area contributed by atoms with Gasteiger partial charge >= 0.3 is 0 Å². The van der Waals surface area contributed by atoms with Crippen molar-refractivity contribution in [3.8, 4) is 0 Å². The normalized spacial score (nSPS) is 20.2. The van der Waals surface area contributed by atoms with Crippen LogP contribution in [0.1, 0.15) is 44.2 Å². The zero-order chi connectivity index (χ0) is 18.5. The lowest BCUT2D eigenvalue weighted by molar-refractivity contribution is -0.123. The maximum Gasteiger partial charge on any atom is 0.220 e. The number of pyridine rings is 1. The summed E-state index contributed by atoms with van der Waals surface area (Å²) in [6.07, 6.45) is 3.85. The van der Waals surface area contributed by atoms with E-state index in [4.69, 9.17) is 0 Å². The Bertz CT molecular complexity index is 787. The molecule has 3 rings (SSSR count). The number of hydrogen-bond donors (Lipinski definition) is 3. The standard InChI is InChI=1S/C20H25N3O3/c1-13(24)21-8-4-7-19(26)23-20(15-10-17(25)11-15)16-9-14-5-2-3-6-18(14)22-12-16/h2-3,5-6,9,12,15,17,20,25H,4,7-8,10-11H2,1H3,(H,21,24)(H,23,26)/t15?,17?,20-/m0/s1. The topological polar surface area (TPSA) is 91.3 Å². The molecule has 2 amide bonds. The lowest BCUT2D eigenvalue weighted by atomic mass is 9.75. The molecule has 1 aromatic heterocycles. The minimum atomic E-state index is -0.285. The van der Waals surface area contributed by atoms with Gasteiger partial charge in [0.25, 0.3) is 0 Å². The molecule has 1 aromatic carbocycles. The van der Waals surface area contributed by atoms with E-state index in [0.717, 1.165) is 16.5 Å². The quantitative estimate of drug-likeness (QED) is 0.663. The van der Waals surface area contributed by atoms with Crippen molar-refractivity contribution in [2.75, 3.05) is 6.54 Å². The van der Waals surface area contributed by atoms with Crippen molar-refractivity contribution in [3.05, 3.63) is 42.1 Å². The van der Waals surface area contributed by atoms with Gasteiger partial charge in [0, 0.05) is 31.5 Å². The van der Waals surface area contributed by atoms with Crippen molar-refractivity contribution >= 4 is 22.7 Å². The molecule has 2 aromatic rings. The van der Waals surface area contributed by atoms with Gasteiger partial charge in [-0.3, -0.25) is 14.6 Å². The number of amides is 2. The van der Waals surface area contributed by atoms with Crippen LogP contribution in [0.15, 0.2) is 36.5 Å². The van der Waals surface area contributed by atoms with Gasteiger partial charge in [0.1, 0.15) is 0 Å². The van der Waals surface area contributed by atoms with E-state index in [9.17, 15) is 14.7 Å².